The van der Waals surface area contributed by atoms with Crippen LogP contribution < -0.4 is 0 Å². The molecule has 2 saturated heterocycles. The normalized spacial score (nSPS) is 30.1. The molecule has 124 valence electrons. The summed E-state index contributed by atoms with van der Waals surface area (Å²) < 4.78 is 15.0. The van der Waals surface area contributed by atoms with Crippen LogP contribution in [0.25, 0.3) is 0 Å². The maximum Gasteiger partial charge on any atom is 0.410 e. The Morgan fingerprint density at radius 3 is 1.64 bits per heavy atom. The van der Waals surface area contributed by atoms with Crippen LogP contribution in [-0.2, 0) is 23.8 Å². The van der Waals surface area contributed by atoms with Gasteiger partial charge in [0.25, 0.3) is 0 Å². The van der Waals surface area contributed by atoms with Gasteiger partial charge in [-0.2, -0.15) is 0 Å². The molecule has 0 N–H and O–H groups in total. The summed E-state index contributed by atoms with van der Waals surface area (Å²) in [5.74, 6) is -0.805. The lowest BCUT2D eigenvalue weighted by molar-refractivity contribution is -0.200. The number of hydrogen-bond acceptors (Lipinski definition) is 6. The smallest absolute Gasteiger partial charge is 0.410 e. The first-order chi connectivity index (χ1) is 10.1. The summed E-state index contributed by atoms with van der Waals surface area (Å²) in [4.78, 5) is 37.9. The zero-order valence-electron chi connectivity index (χ0n) is 13.7. The lowest BCUT2D eigenvalue weighted by Crippen LogP contribution is -2.69. The number of ether oxygens (including phenoxy) is 3. The number of rotatable bonds is 2. The van der Waals surface area contributed by atoms with Crippen molar-refractivity contribution >= 4 is 18.0 Å². The van der Waals surface area contributed by atoms with Crippen molar-refractivity contribution in [3.63, 3.8) is 0 Å². The van der Waals surface area contributed by atoms with Gasteiger partial charge in [0, 0.05) is 13.1 Å². The predicted molar refractivity (Wildman–Crippen MR) is 75.9 cm³/mol. The van der Waals surface area contributed by atoms with Crippen LogP contribution >= 0.6 is 0 Å². The van der Waals surface area contributed by atoms with Crippen LogP contribution in [0.1, 0.15) is 33.6 Å². The van der Waals surface area contributed by atoms with Crippen molar-refractivity contribution in [3.8, 4) is 0 Å². The van der Waals surface area contributed by atoms with Gasteiger partial charge in [0.1, 0.15) is 5.60 Å². The van der Waals surface area contributed by atoms with Gasteiger partial charge in [-0.1, -0.05) is 0 Å². The van der Waals surface area contributed by atoms with E-state index in [-0.39, 0.29) is 13.1 Å². The minimum atomic E-state index is -0.835. The molecule has 1 saturated carbocycles. The Hall–Kier alpha value is -1.79. The maximum atomic E-state index is 12.3. The van der Waals surface area contributed by atoms with Crippen LogP contribution in [0.15, 0.2) is 0 Å². The van der Waals surface area contributed by atoms with E-state index >= 15 is 0 Å². The van der Waals surface area contributed by atoms with Crippen molar-refractivity contribution < 1.29 is 28.6 Å². The number of esters is 2. The second kappa shape index (κ2) is 5.14. The van der Waals surface area contributed by atoms with Crippen LogP contribution in [0.5, 0.6) is 0 Å². The molecule has 0 aromatic carbocycles. The highest BCUT2D eigenvalue weighted by atomic mass is 16.6. The molecule has 0 spiro atoms. The first-order valence-electron chi connectivity index (χ1n) is 7.22. The number of piperidine rings is 2. The molecule has 0 unspecified atom stereocenters. The Kier molecular flexibility index (Phi) is 3.87. The quantitative estimate of drug-likeness (QED) is 0.565. The lowest BCUT2D eigenvalue weighted by atomic mass is 9.49. The SMILES string of the molecule is COC(=O)C12CN(C(=O)OC(C)(C)C)CC(C(=O)OC)(C1)C2. The molecule has 22 heavy (non-hydrogen) atoms. The summed E-state index contributed by atoms with van der Waals surface area (Å²) in [5, 5.41) is 0. The minimum absolute atomic E-state index is 0.202. The summed E-state index contributed by atoms with van der Waals surface area (Å²) in [6, 6.07) is 0. The van der Waals surface area contributed by atoms with E-state index in [4.69, 9.17) is 14.2 Å². The summed E-state index contributed by atoms with van der Waals surface area (Å²) in [6.45, 7) is 5.70. The Labute approximate surface area is 129 Å². The molecule has 2 heterocycles. The summed E-state index contributed by atoms with van der Waals surface area (Å²) in [5.41, 5.74) is -2.31. The van der Waals surface area contributed by atoms with Crippen molar-refractivity contribution in [1.82, 2.24) is 4.90 Å². The Balaban J connectivity index is 2.22. The van der Waals surface area contributed by atoms with Gasteiger partial charge < -0.3 is 19.1 Å². The van der Waals surface area contributed by atoms with Crippen molar-refractivity contribution in [2.45, 2.75) is 39.2 Å². The molecule has 0 aromatic rings. The highest BCUT2D eigenvalue weighted by Crippen LogP contribution is 2.60. The third-order valence-electron chi connectivity index (χ3n) is 4.23. The monoisotopic (exact) mass is 313 g/mol. The Morgan fingerprint density at radius 1 is 0.909 bits per heavy atom. The molecule has 0 radical (unpaired) electrons. The van der Waals surface area contributed by atoms with Crippen LogP contribution in [0, 0.1) is 10.8 Å². The molecular weight excluding hydrogens is 290 g/mol. The van der Waals surface area contributed by atoms with Gasteiger partial charge in [-0.25, -0.2) is 4.79 Å². The first-order valence-corrected chi connectivity index (χ1v) is 7.22. The molecule has 7 nitrogen and oxygen atoms in total. The summed E-state index contributed by atoms with van der Waals surface area (Å²) >= 11 is 0. The summed E-state index contributed by atoms with van der Waals surface area (Å²) in [6.07, 6.45) is 0.158. The van der Waals surface area contributed by atoms with E-state index in [1.54, 1.807) is 20.8 Å². The average molecular weight is 313 g/mol. The molecule has 3 aliphatic rings. The van der Waals surface area contributed by atoms with Gasteiger partial charge in [0.2, 0.25) is 0 Å². The average Bonchev–Trinajstić information content (AvgIpc) is 2.42. The number of amides is 1. The molecule has 7 heteroatoms. The van der Waals surface area contributed by atoms with Gasteiger partial charge >= 0.3 is 18.0 Å². The third kappa shape index (κ3) is 2.64. The summed E-state index contributed by atoms with van der Waals surface area (Å²) in [7, 11) is 2.61. The van der Waals surface area contributed by atoms with Crippen LogP contribution in [0.4, 0.5) is 4.79 Å². The van der Waals surface area contributed by atoms with Crippen molar-refractivity contribution in [2.75, 3.05) is 27.3 Å². The van der Waals surface area contributed by atoms with Gasteiger partial charge in [-0.3, -0.25) is 9.59 Å². The molecule has 3 rings (SSSR count). The van der Waals surface area contributed by atoms with Gasteiger partial charge in [-0.05, 0) is 33.6 Å². The number of nitrogens with zero attached hydrogens (tertiary/aromatic N) is 1. The lowest BCUT2D eigenvalue weighted by Gasteiger charge is -2.59. The molecular formula is C15H23NO6. The topological polar surface area (TPSA) is 82.1 Å². The largest absolute Gasteiger partial charge is 0.469 e. The van der Waals surface area contributed by atoms with Crippen LogP contribution in [0.2, 0.25) is 0 Å². The van der Waals surface area contributed by atoms with Gasteiger partial charge in [0.05, 0.1) is 25.0 Å². The molecule has 1 aliphatic carbocycles. The number of methoxy groups -OCH3 is 2. The van der Waals surface area contributed by atoms with Crippen molar-refractivity contribution in [1.29, 1.82) is 0 Å². The van der Waals surface area contributed by atoms with E-state index in [0.29, 0.717) is 12.8 Å². The van der Waals surface area contributed by atoms with Gasteiger partial charge in [-0.15, -0.1) is 0 Å². The second-order valence-electron chi connectivity index (χ2n) is 7.23. The number of fused-ring (bicyclic) bond motifs is 2. The minimum Gasteiger partial charge on any atom is -0.469 e. The van der Waals surface area contributed by atoms with Crippen LogP contribution in [-0.4, -0.2) is 55.8 Å². The third-order valence-corrected chi connectivity index (χ3v) is 4.23. The molecule has 0 atom stereocenters. The van der Waals surface area contributed by atoms with E-state index in [9.17, 15) is 14.4 Å². The van der Waals surface area contributed by atoms with E-state index < -0.39 is 34.5 Å². The van der Waals surface area contributed by atoms with Crippen LogP contribution in [0.3, 0.4) is 0 Å². The predicted octanol–water partition coefficient (Wildman–Crippen LogP) is 1.35. The van der Waals surface area contributed by atoms with E-state index in [1.807, 2.05) is 0 Å². The molecule has 3 fully saturated rings. The maximum absolute atomic E-state index is 12.3. The van der Waals surface area contributed by atoms with E-state index in [2.05, 4.69) is 0 Å². The Morgan fingerprint density at radius 2 is 1.32 bits per heavy atom. The fourth-order valence-corrected chi connectivity index (χ4v) is 3.56. The van der Waals surface area contributed by atoms with E-state index in [1.165, 1.54) is 19.1 Å². The fraction of sp³-hybridized carbons (Fsp3) is 0.800. The number of carbonyl (C=O) groups is 3. The molecule has 2 aliphatic heterocycles. The molecule has 1 amide bonds. The molecule has 0 aromatic heterocycles. The highest BCUT2D eigenvalue weighted by Gasteiger charge is 2.68. The molecule has 2 bridgehead atoms. The zero-order chi connectivity index (χ0) is 16.8. The van der Waals surface area contributed by atoms with Gasteiger partial charge in [0.15, 0.2) is 0 Å². The first kappa shape index (κ1) is 16.6. The van der Waals surface area contributed by atoms with Crippen molar-refractivity contribution in [3.05, 3.63) is 0 Å². The second-order valence-corrected chi connectivity index (χ2v) is 7.23. The van der Waals surface area contributed by atoms with E-state index in [0.717, 1.165) is 0 Å². The zero-order valence-corrected chi connectivity index (χ0v) is 13.7. The highest BCUT2D eigenvalue weighted by molar-refractivity contribution is 5.88. The standard InChI is InChI=1S/C15H23NO6/c1-13(2,3)22-12(19)16-8-14(10(17)20-4)6-15(7-14,9-16)11(18)21-5/h6-9H2,1-5H3. The van der Waals surface area contributed by atoms with Crippen molar-refractivity contribution in [2.24, 2.45) is 10.8 Å². The fourth-order valence-electron chi connectivity index (χ4n) is 3.56. The number of carbonyl (C=O) groups excluding carboxylic acids is 3. The number of hydrogen-bond donors (Lipinski definition) is 0. The Bertz CT molecular complexity index is 471.